The Balaban J connectivity index is 1.98. The molecule has 6 nitrogen and oxygen atoms in total. The first-order valence-corrected chi connectivity index (χ1v) is 9.51. The topological polar surface area (TPSA) is 94.9 Å². The number of nitrogens with zero attached hydrogens (tertiary/aromatic N) is 1. The van der Waals surface area contributed by atoms with Gasteiger partial charge in [0.15, 0.2) is 4.32 Å². The molecule has 8 heteroatoms. The summed E-state index contributed by atoms with van der Waals surface area (Å²) in [5.74, 6) is -3.00. The van der Waals surface area contributed by atoms with E-state index in [1.165, 1.54) is 17.7 Å². The van der Waals surface area contributed by atoms with Crippen LogP contribution in [0.1, 0.15) is 38.8 Å². The number of carbonyl (C=O) groups is 3. The summed E-state index contributed by atoms with van der Waals surface area (Å²) in [6, 6.07) is 11.3. The summed E-state index contributed by atoms with van der Waals surface area (Å²) in [7, 11) is 0. The summed E-state index contributed by atoms with van der Waals surface area (Å²) in [5.41, 5.74) is 1.66. The van der Waals surface area contributed by atoms with Crippen LogP contribution in [-0.4, -0.2) is 32.4 Å². The van der Waals surface area contributed by atoms with Gasteiger partial charge in [-0.15, -0.1) is 0 Å². The number of rotatable bonds is 5. The number of aromatic carboxylic acids is 2. The molecule has 142 valence electrons. The van der Waals surface area contributed by atoms with Crippen LogP contribution in [0.2, 0.25) is 0 Å². The normalized spacial score (nSPS) is 15.3. The van der Waals surface area contributed by atoms with Gasteiger partial charge in [0.1, 0.15) is 0 Å². The van der Waals surface area contributed by atoms with E-state index in [4.69, 9.17) is 12.2 Å². The van der Waals surface area contributed by atoms with Gasteiger partial charge < -0.3 is 10.2 Å². The van der Waals surface area contributed by atoms with E-state index in [2.05, 4.69) is 6.92 Å². The monoisotopic (exact) mass is 413 g/mol. The van der Waals surface area contributed by atoms with Crippen LogP contribution in [0.15, 0.2) is 47.4 Å². The fourth-order valence-electron chi connectivity index (χ4n) is 2.68. The lowest BCUT2D eigenvalue weighted by Crippen LogP contribution is -2.28. The van der Waals surface area contributed by atoms with E-state index < -0.39 is 17.8 Å². The molecular weight excluding hydrogens is 398 g/mol. The van der Waals surface area contributed by atoms with Crippen molar-refractivity contribution in [2.75, 3.05) is 4.90 Å². The van der Waals surface area contributed by atoms with Crippen molar-refractivity contribution >= 4 is 57.9 Å². The molecule has 0 saturated carbocycles. The summed E-state index contributed by atoms with van der Waals surface area (Å²) in [4.78, 5) is 37.0. The van der Waals surface area contributed by atoms with Crippen molar-refractivity contribution in [3.05, 3.63) is 69.6 Å². The van der Waals surface area contributed by atoms with Crippen LogP contribution >= 0.6 is 24.0 Å². The molecule has 3 rings (SSSR count). The highest BCUT2D eigenvalue weighted by molar-refractivity contribution is 8.27. The standard InChI is InChI=1S/C20H15NO5S2/c1-2-11-3-5-12(6-4-11)7-16-17(22)21(20(27)28-16)15-9-13(18(23)24)8-14(10-15)19(25)26/h3-10H,2H2,1H3,(H,23,24)(H,25,26)/b16-7-. The Morgan fingerprint density at radius 3 is 2.14 bits per heavy atom. The average molecular weight is 413 g/mol. The maximum absolute atomic E-state index is 12.9. The first kappa shape index (κ1) is 19.8. The quantitative estimate of drug-likeness (QED) is 0.564. The first-order chi connectivity index (χ1) is 13.3. The minimum Gasteiger partial charge on any atom is -0.478 e. The Kier molecular flexibility index (Phi) is 5.62. The second kappa shape index (κ2) is 7.95. The van der Waals surface area contributed by atoms with Gasteiger partial charge in [0.25, 0.3) is 5.91 Å². The van der Waals surface area contributed by atoms with Crippen molar-refractivity contribution in [1.29, 1.82) is 0 Å². The number of carboxylic acids is 2. The van der Waals surface area contributed by atoms with E-state index in [1.807, 2.05) is 24.3 Å². The lowest BCUT2D eigenvalue weighted by Gasteiger charge is -2.16. The number of carbonyl (C=O) groups excluding carboxylic acids is 1. The predicted molar refractivity (Wildman–Crippen MR) is 112 cm³/mol. The SMILES string of the molecule is CCc1ccc(/C=C2\SC(=S)N(c3cc(C(=O)O)cc(C(=O)O)c3)C2=O)cc1. The van der Waals surface area contributed by atoms with Crippen molar-refractivity contribution in [3.8, 4) is 0 Å². The van der Waals surface area contributed by atoms with Gasteiger partial charge >= 0.3 is 11.9 Å². The fraction of sp³-hybridized carbons (Fsp3) is 0.100. The van der Waals surface area contributed by atoms with Gasteiger partial charge in [0.2, 0.25) is 0 Å². The second-order valence-electron chi connectivity index (χ2n) is 5.99. The molecule has 1 aliphatic heterocycles. The Morgan fingerprint density at radius 2 is 1.64 bits per heavy atom. The van der Waals surface area contributed by atoms with Crippen LogP contribution in [0.25, 0.3) is 6.08 Å². The molecule has 28 heavy (non-hydrogen) atoms. The zero-order chi connectivity index (χ0) is 20.4. The molecule has 1 heterocycles. The van der Waals surface area contributed by atoms with Crippen LogP contribution in [0.3, 0.4) is 0 Å². The third kappa shape index (κ3) is 3.97. The van der Waals surface area contributed by atoms with Gasteiger partial charge in [-0.3, -0.25) is 9.69 Å². The maximum atomic E-state index is 12.9. The van der Waals surface area contributed by atoms with Gasteiger partial charge in [-0.2, -0.15) is 0 Å². The molecule has 0 atom stereocenters. The largest absolute Gasteiger partial charge is 0.478 e. The minimum atomic E-state index is -1.29. The molecule has 0 spiro atoms. The zero-order valence-corrected chi connectivity index (χ0v) is 16.3. The van der Waals surface area contributed by atoms with E-state index >= 15 is 0 Å². The van der Waals surface area contributed by atoms with Crippen molar-refractivity contribution < 1.29 is 24.6 Å². The molecule has 0 aliphatic carbocycles. The number of thioether (sulfide) groups is 1. The third-order valence-electron chi connectivity index (χ3n) is 4.15. The summed E-state index contributed by atoms with van der Waals surface area (Å²) in [6.45, 7) is 2.05. The highest BCUT2D eigenvalue weighted by atomic mass is 32.2. The van der Waals surface area contributed by atoms with Crippen molar-refractivity contribution in [2.45, 2.75) is 13.3 Å². The number of amides is 1. The lowest BCUT2D eigenvalue weighted by atomic mass is 10.1. The molecule has 1 fully saturated rings. The summed E-state index contributed by atoms with van der Waals surface area (Å²) >= 11 is 6.37. The van der Waals surface area contributed by atoms with Crippen LogP contribution in [0, 0.1) is 0 Å². The molecule has 0 radical (unpaired) electrons. The number of thiocarbonyl (C=S) groups is 1. The van der Waals surface area contributed by atoms with Crippen LogP contribution in [0.4, 0.5) is 5.69 Å². The molecule has 0 bridgehead atoms. The maximum Gasteiger partial charge on any atom is 0.335 e. The van der Waals surface area contributed by atoms with Gasteiger partial charge in [-0.1, -0.05) is 55.2 Å². The van der Waals surface area contributed by atoms with Crippen molar-refractivity contribution in [3.63, 3.8) is 0 Å². The van der Waals surface area contributed by atoms with Crippen molar-refractivity contribution in [2.24, 2.45) is 0 Å². The molecule has 0 unspecified atom stereocenters. The Labute approximate surface area is 170 Å². The summed E-state index contributed by atoms with van der Waals surface area (Å²) in [5, 5.41) is 18.5. The van der Waals surface area contributed by atoms with Crippen molar-refractivity contribution in [1.82, 2.24) is 0 Å². The summed E-state index contributed by atoms with van der Waals surface area (Å²) < 4.78 is 0.209. The number of anilines is 1. The second-order valence-corrected chi connectivity index (χ2v) is 7.67. The highest BCUT2D eigenvalue weighted by Crippen LogP contribution is 2.36. The smallest absolute Gasteiger partial charge is 0.335 e. The zero-order valence-electron chi connectivity index (χ0n) is 14.7. The van der Waals surface area contributed by atoms with Crippen LogP contribution in [-0.2, 0) is 11.2 Å². The van der Waals surface area contributed by atoms with Gasteiger partial charge in [0, 0.05) is 0 Å². The molecule has 1 amide bonds. The highest BCUT2D eigenvalue weighted by Gasteiger charge is 2.34. The lowest BCUT2D eigenvalue weighted by molar-refractivity contribution is -0.113. The minimum absolute atomic E-state index is 0.115. The predicted octanol–water partition coefficient (Wildman–Crippen LogP) is 4.05. The third-order valence-corrected chi connectivity index (χ3v) is 5.45. The molecular formula is C20H15NO5S2. The number of hydrogen-bond donors (Lipinski definition) is 2. The molecule has 0 aromatic heterocycles. The number of aryl methyl sites for hydroxylation is 1. The van der Waals surface area contributed by atoms with E-state index in [0.29, 0.717) is 4.91 Å². The molecule has 2 aromatic rings. The number of carboxylic acid groups (broad SMARTS) is 2. The van der Waals surface area contributed by atoms with E-state index in [1.54, 1.807) is 6.08 Å². The molecule has 1 saturated heterocycles. The van der Waals surface area contributed by atoms with Gasteiger partial charge in [-0.25, -0.2) is 9.59 Å². The van der Waals surface area contributed by atoms with E-state index in [0.717, 1.165) is 34.7 Å². The molecule has 1 aliphatic rings. The summed E-state index contributed by atoms with van der Waals surface area (Å²) in [6.07, 6.45) is 2.62. The van der Waals surface area contributed by atoms with Gasteiger partial charge in [0.05, 0.1) is 21.7 Å². The Bertz CT molecular complexity index is 995. The van der Waals surface area contributed by atoms with E-state index in [9.17, 15) is 24.6 Å². The fourth-order valence-corrected chi connectivity index (χ4v) is 3.98. The van der Waals surface area contributed by atoms with E-state index in [-0.39, 0.29) is 21.1 Å². The number of benzene rings is 2. The Morgan fingerprint density at radius 1 is 1.07 bits per heavy atom. The van der Waals surface area contributed by atoms with Crippen LogP contribution < -0.4 is 4.90 Å². The number of hydrogen-bond acceptors (Lipinski definition) is 5. The van der Waals surface area contributed by atoms with Crippen LogP contribution in [0.5, 0.6) is 0 Å². The first-order valence-electron chi connectivity index (χ1n) is 8.28. The molecule has 2 N–H and O–H groups in total. The Hall–Kier alpha value is -2.97. The van der Waals surface area contributed by atoms with Gasteiger partial charge in [-0.05, 0) is 41.8 Å². The average Bonchev–Trinajstić information content (AvgIpc) is 2.95. The molecule has 2 aromatic carbocycles.